The quantitative estimate of drug-likeness (QED) is 0.810. The van der Waals surface area contributed by atoms with Gasteiger partial charge in [0, 0.05) is 32.1 Å². The maximum atomic E-state index is 12.7. The van der Waals surface area contributed by atoms with Gasteiger partial charge in [0.2, 0.25) is 0 Å². The van der Waals surface area contributed by atoms with Gasteiger partial charge >= 0.3 is 12.6 Å². The fraction of sp³-hybridized carbons (Fsp3) is 0.471. The zero-order chi connectivity index (χ0) is 18.7. The number of carbonyl (C=O) groups excluding carboxylic acids is 1. The number of carbonyl (C=O) groups is 1. The first-order valence-electron chi connectivity index (χ1n) is 8.37. The van der Waals surface area contributed by atoms with Gasteiger partial charge in [-0.2, -0.15) is 13.8 Å². The monoisotopic (exact) mass is 366 g/mol. The Balaban J connectivity index is 1.65. The van der Waals surface area contributed by atoms with E-state index in [1.54, 1.807) is 17.0 Å². The molecular formula is C17H20F2N4O3. The Labute approximate surface area is 149 Å². The second-order valence-electron chi connectivity index (χ2n) is 6.24. The number of aromatic nitrogens is 2. The number of ether oxygens (including phenoxy) is 1. The van der Waals surface area contributed by atoms with Crippen molar-refractivity contribution in [1.82, 2.24) is 15.0 Å². The van der Waals surface area contributed by atoms with E-state index in [0.29, 0.717) is 38.0 Å². The van der Waals surface area contributed by atoms with E-state index in [-0.39, 0.29) is 23.1 Å². The average molecular weight is 366 g/mol. The molecule has 1 amide bonds. The summed E-state index contributed by atoms with van der Waals surface area (Å²) in [7, 11) is 0. The molecule has 0 unspecified atom stereocenters. The van der Waals surface area contributed by atoms with Crippen LogP contribution >= 0.6 is 0 Å². The molecule has 7 nitrogen and oxygen atoms in total. The summed E-state index contributed by atoms with van der Waals surface area (Å²) in [5, 5.41) is 3.94. The topological polar surface area (TPSA) is 71.7 Å². The number of anilines is 1. The van der Waals surface area contributed by atoms with Crippen molar-refractivity contribution >= 4 is 11.9 Å². The number of halogens is 2. The number of benzene rings is 1. The van der Waals surface area contributed by atoms with Crippen LogP contribution in [0.5, 0.6) is 5.75 Å². The zero-order valence-corrected chi connectivity index (χ0v) is 14.6. The molecule has 0 saturated carbocycles. The van der Waals surface area contributed by atoms with Crippen molar-refractivity contribution in [1.29, 1.82) is 0 Å². The van der Waals surface area contributed by atoms with Gasteiger partial charge in [-0.1, -0.05) is 31.1 Å². The van der Waals surface area contributed by atoms with Gasteiger partial charge in [0.15, 0.2) is 5.82 Å². The molecule has 1 saturated heterocycles. The van der Waals surface area contributed by atoms with Gasteiger partial charge in [-0.25, -0.2) is 0 Å². The lowest BCUT2D eigenvalue weighted by Crippen LogP contribution is -2.49. The fourth-order valence-electron chi connectivity index (χ4n) is 2.70. The molecule has 2 heterocycles. The minimum absolute atomic E-state index is 0.117. The minimum atomic E-state index is -2.98. The maximum absolute atomic E-state index is 12.7. The number of nitrogens with zero attached hydrogens (tertiary/aromatic N) is 4. The molecule has 1 aromatic carbocycles. The van der Waals surface area contributed by atoms with E-state index in [4.69, 9.17) is 4.52 Å². The van der Waals surface area contributed by atoms with E-state index in [1.165, 1.54) is 12.1 Å². The molecule has 1 fully saturated rings. The second kappa shape index (κ2) is 7.67. The first-order valence-corrected chi connectivity index (χ1v) is 8.37. The Morgan fingerprint density at radius 1 is 1.19 bits per heavy atom. The van der Waals surface area contributed by atoms with Gasteiger partial charge in [0.25, 0.3) is 5.91 Å². The Morgan fingerprint density at radius 3 is 2.50 bits per heavy atom. The van der Waals surface area contributed by atoms with Crippen molar-refractivity contribution in [2.75, 3.05) is 31.1 Å². The van der Waals surface area contributed by atoms with Crippen molar-refractivity contribution in [3.63, 3.8) is 0 Å². The highest BCUT2D eigenvalue weighted by Gasteiger charge is 2.27. The lowest BCUT2D eigenvalue weighted by Gasteiger charge is -2.33. The van der Waals surface area contributed by atoms with E-state index in [1.807, 2.05) is 18.7 Å². The van der Waals surface area contributed by atoms with Crippen LogP contribution in [0.25, 0.3) is 0 Å². The number of piperazine rings is 1. The second-order valence-corrected chi connectivity index (χ2v) is 6.24. The molecular weight excluding hydrogens is 346 g/mol. The average Bonchev–Trinajstić information content (AvgIpc) is 3.12. The molecule has 3 rings (SSSR count). The predicted octanol–water partition coefficient (Wildman–Crippen LogP) is 2.76. The van der Waals surface area contributed by atoms with Crippen LogP contribution in [0.4, 0.5) is 14.8 Å². The molecule has 0 bridgehead atoms. The number of para-hydroxylation sites is 1. The van der Waals surface area contributed by atoms with Crippen molar-refractivity contribution < 1.29 is 22.8 Å². The molecule has 26 heavy (non-hydrogen) atoms. The number of amides is 1. The molecule has 140 valence electrons. The highest BCUT2D eigenvalue weighted by molar-refractivity contribution is 5.97. The van der Waals surface area contributed by atoms with Crippen LogP contribution in [0.15, 0.2) is 28.8 Å². The SMILES string of the molecule is CC(C)c1noc(N2CCN(C(=O)c3ccccc3OC(F)F)CC2)n1. The van der Waals surface area contributed by atoms with Crippen LogP contribution in [-0.4, -0.2) is 53.7 Å². The van der Waals surface area contributed by atoms with Crippen LogP contribution in [0.1, 0.15) is 35.9 Å². The smallest absolute Gasteiger partial charge is 0.387 e. The molecule has 1 aliphatic rings. The molecule has 0 radical (unpaired) electrons. The normalized spacial score (nSPS) is 15.0. The number of hydrogen-bond donors (Lipinski definition) is 0. The van der Waals surface area contributed by atoms with Gasteiger partial charge in [0.05, 0.1) is 5.56 Å². The summed E-state index contributed by atoms with van der Waals surface area (Å²) in [6, 6.07) is 6.45. The van der Waals surface area contributed by atoms with Crippen LogP contribution in [-0.2, 0) is 0 Å². The molecule has 0 aliphatic carbocycles. The minimum Gasteiger partial charge on any atom is -0.434 e. The fourth-order valence-corrected chi connectivity index (χ4v) is 2.70. The molecule has 2 aromatic rings. The van der Waals surface area contributed by atoms with Crippen molar-refractivity contribution in [3.05, 3.63) is 35.7 Å². The third-order valence-electron chi connectivity index (χ3n) is 4.12. The maximum Gasteiger partial charge on any atom is 0.387 e. The third kappa shape index (κ3) is 3.92. The van der Waals surface area contributed by atoms with Gasteiger partial charge in [0.1, 0.15) is 5.75 Å². The van der Waals surface area contributed by atoms with E-state index < -0.39 is 6.61 Å². The Hall–Kier alpha value is -2.71. The van der Waals surface area contributed by atoms with Gasteiger partial charge in [-0.3, -0.25) is 4.79 Å². The number of alkyl halides is 2. The number of rotatable bonds is 5. The van der Waals surface area contributed by atoms with Gasteiger partial charge < -0.3 is 19.1 Å². The molecule has 1 aliphatic heterocycles. The predicted molar refractivity (Wildman–Crippen MR) is 89.6 cm³/mol. The molecule has 0 atom stereocenters. The van der Waals surface area contributed by atoms with E-state index in [9.17, 15) is 13.6 Å². The van der Waals surface area contributed by atoms with E-state index in [2.05, 4.69) is 14.9 Å². The van der Waals surface area contributed by atoms with E-state index >= 15 is 0 Å². The van der Waals surface area contributed by atoms with Crippen LogP contribution < -0.4 is 9.64 Å². The summed E-state index contributed by atoms with van der Waals surface area (Å²) in [6.07, 6.45) is 0. The first-order chi connectivity index (χ1) is 12.5. The van der Waals surface area contributed by atoms with Gasteiger partial charge in [-0.05, 0) is 12.1 Å². The van der Waals surface area contributed by atoms with E-state index in [0.717, 1.165) is 0 Å². The van der Waals surface area contributed by atoms with Crippen molar-refractivity contribution in [2.24, 2.45) is 0 Å². The largest absolute Gasteiger partial charge is 0.434 e. The summed E-state index contributed by atoms with van der Waals surface area (Å²) < 4.78 is 34.8. The Kier molecular flexibility index (Phi) is 5.34. The molecule has 9 heteroatoms. The van der Waals surface area contributed by atoms with Crippen LogP contribution in [0, 0.1) is 0 Å². The van der Waals surface area contributed by atoms with Crippen LogP contribution in [0.3, 0.4) is 0 Å². The summed E-state index contributed by atoms with van der Waals surface area (Å²) >= 11 is 0. The van der Waals surface area contributed by atoms with Crippen molar-refractivity contribution in [3.8, 4) is 5.75 Å². The lowest BCUT2D eigenvalue weighted by atomic mass is 10.1. The van der Waals surface area contributed by atoms with Crippen LogP contribution in [0.2, 0.25) is 0 Å². The Morgan fingerprint density at radius 2 is 1.88 bits per heavy atom. The Bertz CT molecular complexity index is 758. The lowest BCUT2D eigenvalue weighted by molar-refractivity contribution is -0.0502. The standard InChI is InChI=1S/C17H20F2N4O3/c1-11(2)14-20-17(26-21-14)23-9-7-22(8-10-23)15(24)12-5-3-4-6-13(12)25-16(18)19/h3-6,11,16H,7-10H2,1-2H3. The summed E-state index contributed by atoms with van der Waals surface area (Å²) in [5.41, 5.74) is 0.126. The van der Waals surface area contributed by atoms with Gasteiger partial charge in [-0.15, -0.1) is 0 Å². The zero-order valence-electron chi connectivity index (χ0n) is 14.6. The van der Waals surface area contributed by atoms with Crippen molar-refractivity contribution in [2.45, 2.75) is 26.4 Å². The number of hydrogen-bond acceptors (Lipinski definition) is 6. The highest BCUT2D eigenvalue weighted by Crippen LogP contribution is 2.23. The molecule has 0 N–H and O–H groups in total. The summed E-state index contributed by atoms with van der Waals surface area (Å²) in [6.45, 7) is 2.84. The molecule has 0 spiro atoms. The highest BCUT2D eigenvalue weighted by atomic mass is 19.3. The first kappa shape index (κ1) is 18.1. The third-order valence-corrected chi connectivity index (χ3v) is 4.12. The molecule has 1 aromatic heterocycles. The summed E-state index contributed by atoms with van der Waals surface area (Å²) in [4.78, 5) is 20.5. The summed E-state index contributed by atoms with van der Waals surface area (Å²) in [5.74, 6) is 0.348.